The van der Waals surface area contributed by atoms with E-state index >= 15 is 0 Å². The molecule has 1 rings (SSSR count). The molecule has 3 unspecified atom stereocenters. The number of nitrogens with one attached hydrogen (secondary N) is 1. The summed E-state index contributed by atoms with van der Waals surface area (Å²) in [6.45, 7) is 5.83. The Labute approximate surface area is 105 Å². The van der Waals surface area contributed by atoms with Gasteiger partial charge in [0.05, 0.1) is 12.7 Å². The highest BCUT2D eigenvalue weighted by atomic mass is 16.5. The average Bonchev–Trinajstić information content (AvgIpc) is 2.74. The van der Waals surface area contributed by atoms with E-state index in [-0.39, 0.29) is 5.54 Å². The lowest BCUT2D eigenvalue weighted by atomic mass is 9.99. The minimum Gasteiger partial charge on any atom is -0.383 e. The molecule has 0 bridgehead atoms. The summed E-state index contributed by atoms with van der Waals surface area (Å²) < 4.78 is 5.19. The van der Waals surface area contributed by atoms with Crippen LogP contribution in [-0.2, 0) is 4.74 Å². The Bertz CT molecular complexity index is 276. The van der Waals surface area contributed by atoms with E-state index in [0.717, 1.165) is 32.4 Å². The molecule has 0 heterocycles. The monoisotopic (exact) mass is 239 g/mol. The Morgan fingerprint density at radius 1 is 1.65 bits per heavy atom. The highest BCUT2D eigenvalue weighted by Crippen LogP contribution is 2.32. The van der Waals surface area contributed by atoms with Crippen molar-refractivity contribution >= 4 is 0 Å². The molecule has 0 aromatic rings. The van der Waals surface area contributed by atoms with Gasteiger partial charge in [0.25, 0.3) is 0 Å². The topological polar surface area (TPSA) is 48.3 Å². The number of hydrogen-bond acceptors (Lipinski definition) is 4. The largest absolute Gasteiger partial charge is 0.383 e. The lowest BCUT2D eigenvalue weighted by Gasteiger charge is -2.31. The van der Waals surface area contributed by atoms with Crippen LogP contribution in [0.1, 0.15) is 33.1 Å². The lowest BCUT2D eigenvalue weighted by Crippen LogP contribution is -2.45. The summed E-state index contributed by atoms with van der Waals surface area (Å²) in [5, 5.41) is 12.7. The third-order valence-electron chi connectivity index (χ3n) is 3.90. The van der Waals surface area contributed by atoms with E-state index in [4.69, 9.17) is 4.74 Å². The maximum atomic E-state index is 9.33. The van der Waals surface area contributed by atoms with Crippen LogP contribution in [0.15, 0.2) is 0 Å². The first kappa shape index (κ1) is 14.4. The van der Waals surface area contributed by atoms with Gasteiger partial charge in [0.1, 0.15) is 5.54 Å². The van der Waals surface area contributed by atoms with E-state index in [2.05, 4.69) is 37.2 Å². The first-order valence-corrected chi connectivity index (χ1v) is 6.45. The fourth-order valence-corrected chi connectivity index (χ4v) is 2.73. The normalized spacial score (nSPS) is 30.5. The number of nitriles is 1. The zero-order chi connectivity index (χ0) is 12.9. The summed E-state index contributed by atoms with van der Waals surface area (Å²) in [5.74, 6) is 0. The number of nitrogens with zero attached hydrogens (tertiary/aromatic N) is 2. The highest BCUT2D eigenvalue weighted by Gasteiger charge is 2.40. The van der Waals surface area contributed by atoms with E-state index in [1.807, 2.05) is 0 Å². The number of ether oxygens (including phenoxy) is 1. The lowest BCUT2D eigenvalue weighted by molar-refractivity contribution is 0.0890. The van der Waals surface area contributed by atoms with Gasteiger partial charge in [-0.1, -0.05) is 6.92 Å². The molecule has 1 aliphatic rings. The zero-order valence-electron chi connectivity index (χ0n) is 11.5. The molecule has 1 fully saturated rings. The van der Waals surface area contributed by atoms with Crippen molar-refractivity contribution < 1.29 is 4.74 Å². The second-order valence-corrected chi connectivity index (χ2v) is 5.09. The number of hydrogen-bond donors (Lipinski definition) is 1. The molecule has 0 aromatic carbocycles. The van der Waals surface area contributed by atoms with Crippen LogP contribution in [-0.4, -0.2) is 49.8 Å². The summed E-state index contributed by atoms with van der Waals surface area (Å²) in [6.07, 6.45) is 2.96. The number of methoxy groups -OCH3 is 1. The molecule has 4 heteroatoms. The molecular weight excluding hydrogens is 214 g/mol. The van der Waals surface area contributed by atoms with Gasteiger partial charge < -0.3 is 4.74 Å². The molecule has 98 valence electrons. The molecule has 1 saturated carbocycles. The van der Waals surface area contributed by atoms with Gasteiger partial charge in [0.15, 0.2) is 0 Å². The quantitative estimate of drug-likeness (QED) is 0.760. The molecule has 1 N–H and O–H groups in total. The first-order valence-electron chi connectivity index (χ1n) is 6.45. The van der Waals surface area contributed by atoms with Gasteiger partial charge in [-0.15, -0.1) is 0 Å². The van der Waals surface area contributed by atoms with Crippen LogP contribution >= 0.6 is 0 Å². The summed E-state index contributed by atoms with van der Waals surface area (Å²) in [7, 11) is 3.87. The van der Waals surface area contributed by atoms with Gasteiger partial charge >= 0.3 is 0 Å². The van der Waals surface area contributed by atoms with Crippen molar-refractivity contribution in [3.05, 3.63) is 0 Å². The second-order valence-electron chi connectivity index (χ2n) is 5.09. The van der Waals surface area contributed by atoms with Crippen LogP contribution in [0.25, 0.3) is 0 Å². The van der Waals surface area contributed by atoms with Crippen LogP contribution < -0.4 is 5.32 Å². The third-order valence-corrected chi connectivity index (χ3v) is 3.90. The van der Waals surface area contributed by atoms with Crippen molar-refractivity contribution in [3.63, 3.8) is 0 Å². The maximum Gasteiger partial charge on any atom is 0.108 e. The zero-order valence-corrected chi connectivity index (χ0v) is 11.5. The smallest absolute Gasteiger partial charge is 0.108 e. The van der Waals surface area contributed by atoms with Crippen LogP contribution in [0.4, 0.5) is 0 Å². The molecule has 4 nitrogen and oxygen atoms in total. The average molecular weight is 239 g/mol. The highest BCUT2D eigenvalue weighted by molar-refractivity contribution is 5.13. The molecule has 3 atom stereocenters. The third kappa shape index (κ3) is 3.41. The molecule has 1 aliphatic carbocycles. The Hall–Kier alpha value is -0.630. The van der Waals surface area contributed by atoms with Gasteiger partial charge in [-0.2, -0.15) is 5.26 Å². The van der Waals surface area contributed by atoms with Crippen molar-refractivity contribution in [3.8, 4) is 6.07 Å². The predicted octanol–water partition coefficient (Wildman–Crippen LogP) is 1.38. The molecular formula is C13H25N3O. The van der Waals surface area contributed by atoms with Gasteiger partial charge in [-0.3, -0.25) is 10.2 Å². The van der Waals surface area contributed by atoms with Crippen LogP contribution in [0.3, 0.4) is 0 Å². The summed E-state index contributed by atoms with van der Waals surface area (Å²) in [4.78, 5) is 2.35. The van der Waals surface area contributed by atoms with Crippen molar-refractivity contribution in [1.82, 2.24) is 10.2 Å². The standard InChI is InChI=1S/C13H25N3O/c1-5-15-13(10-14)7-6-12(8-13)16(3)11(2)9-17-4/h11-12,15H,5-9H2,1-4H3. The summed E-state index contributed by atoms with van der Waals surface area (Å²) >= 11 is 0. The molecule has 0 spiro atoms. The van der Waals surface area contributed by atoms with Crippen LogP contribution in [0.5, 0.6) is 0 Å². The van der Waals surface area contributed by atoms with Gasteiger partial charge in [0, 0.05) is 19.2 Å². The van der Waals surface area contributed by atoms with Gasteiger partial charge in [-0.25, -0.2) is 0 Å². The Balaban J connectivity index is 2.57. The van der Waals surface area contributed by atoms with Crippen molar-refractivity contribution in [2.24, 2.45) is 0 Å². The Morgan fingerprint density at radius 2 is 2.35 bits per heavy atom. The maximum absolute atomic E-state index is 9.33. The summed E-state index contributed by atoms with van der Waals surface area (Å²) in [6, 6.07) is 3.35. The van der Waals surface area contributed by atoms with E-state index < -0.39 is 0 Å². The second kappa shape index (κ2) is 6.34. The molecule has 17 heavy (non-hydrogen) atoms. The van der Waals surface area contributed by atoms with Crippen LogP contribution in [0, 0.1) is 11.3 Å². The van der Waals surface area contributed by atoms with E-state index in [0.29, 0.717) is 12.1 Å². The van der Waals surface area contributed by atoms with Crippen LogP contribution in [0.2, 0.25) is 0 Å². The van der Waals surface area contributed by atoms with Crippen molar-refractivity contribution in [1.29, 1.82) is 5.26 Å². The SMILES string of the molecule is CCNC1(C#N)CCC(N(C)C(C)COC)C1. The molecule has 0 radical (unpaired) electrons. The molecule has 0 aromatic heterocycles. The minimum absolute atomic E-state index is 0.305. The fourth-order valence-electron chi connectivity index (χ4n) is 2.73. The predicted molar refractivity (Wildman–Crippen MR) is 68.8 cm³/mol. The minimum atomic E-state index is -0.305. The number of likely N-dealkylation sites (N-methyl/N-ethyl adjacent to an activating group) is 1. The molecule has 0 amide bonds. The van der Waals surface area contributed by atoms with E-state index in [9.17, 15) is 5.26 Å². The number of rotatable bonds is 6. The first-order chi connectivity index (χ1) is 8.08. The Kier molecular flexibility index (Phi) is 5.38. The van der Waals surface area contributed by atoms with E-state index in [1.54, 1.807) is 7.11 Å². The van der Waals surface area contributed by atoms with Gasteiger partial charge in [-0.05, 0) is 39.8 Å². The summed E-state index contributed by atoms with van der Waals surface area (Å²) in [5.41, 5.74) is -0.305. The Morgan fingerprint density at radius 3 is 2.88 bits per heavy atom. The van der Waals surface area contributed by atoms with Crippen molar-refractivity contribution in [2.75, 3.05) is 27.3 Å². The molecule has 0 aliphatic heterocycles. The van der Waals surface area contributed by atoms with Gasteiger partial charge in [0.2, 0.25) is 0 Å². The van der Waals surface area contributed by atoms with E-state index in [1.165, 1.54) is 0 Å². The fraction of sp³-hybridized carbons (Fsp3) is 0.923. The van der Waals surface area contributed by atoms with Crippen molar-refractivity contribution in [2.45, 2.75) is 50.7 Å². The molecule has 0 saturated heterocycles.